The molecule has 0 bridgehead atoms. The van der Waals surface area contributed by atoms with Gasteiger partial charge in [0.2, 0.25) is 5.91 Å². The molecule has 0 aromatic carbocycles. The minimum absolute atomic E-state index is 0.103. The topological polar surface area (TPSA) is 57.6 Å². The number of aliphatic carboxylic acids is 1. The van der Waals surface area contributed by atoms with Gasteiger partial charge in [-0.25, -0.2) is 0 Å². The van der Waals surface area contributed by atoms with E-state index in [-0.39, 0.29) is 11.9 Å². The smallest absolute Gasteiger partial charge is 0.307 e. The minimum Gasteiger partial charge on any atom is -0.481 e. The van der Waals surface area contributed by atoms with E-state index in [1.807, 2.05) is 13.8 Å². The lowest BCUT2D eigenvalue weighted by atomic mass is 9.94. The number of carbonyl (C=O) groups is 2. The largest absolute Gasteiger partial charge is 0.481 e. The van der Waals surface area contributed by atoms with E-state index < -0.39 is 17.8 Å². The Hall–Kier alpha value is -1.06. The number of rotatable bonds is 4. The van der Waals surface area contributed by atoms with Gasteiger partial charge in [-0.3, -0.25) is 9.59 Å². The zero-order valence-corrected chi connectivity index (χ0v) is 9.44. The number of carboxylic acid groups (broad SMARTS) is 1. The molecule has 2 atom stereocenters. The molecule has 0 radical (unpaired) electrons. The Bertz CT molecular complexity index is 225. The maximum Gasteiger partial charge on any atom is 0.307 e. The molecule has 0 aliphatic carbocycles. The summed E-state index contributed by atoms with van der Waals surface area (Å²) in [4.78, 5) is 23.9. The summed E-state index contributed by atoms with van der Waals surface area (Å²) in [6.45, 7) is 7.01. The van der Waals surface area contributed by atoms with Crippen molar-refractivity contribution in [3.63, 3.8) is 0 Å². The Morgan fingerprint density at radius 3 is 1.79 bits per heavy atom. The van der Waals surface area contributed by atoms with Crippen LogP contribution in [0.3, 0.4) is 0 Å². The van der Waals surface area contributed by atoms with Gasteiger partial charge < -0.3 is 10.0 Å². The average molecular weight is 201 g/mol. The number of hydrogen-bond acceptors (Lipinski definition) is 2. The van der Waals surface area contributed by atoms with Crippen LogP contribution in [0.2, 0.25) is 0 Å². The number of hydrogen-bond donors (Lipinski definition) is 1. The molecule has 0 aliphatic rings. The normalized spacial score (nSPS) is 15.0. The van der Waals surface area contributed by atoms with Gasteiger partial charge in [-0.15, -0.1) is 0 Å². The molecule has 0 saturated heterocycles. The van der Waals surface area contributed by atoms with Crippen molar-refractivity contribution in [2.45, 2.75) is 33.7 Å². The molecule has 0 spiro atoms. The van der Waals surface area contributed by atoms with E-state index in [0.717, 1.165) is 0 Å². The SMILES string of the molecule is CC(C(=O)O)C(C)C(=O)N(C)C(C)C. The molecule has 0 fully saturated rings. The molecule has 0 heterocycles. The standard InChI is InChI=1S/C10H19NO3/c1-6(2)11(5)9(12)7(3)8(4)10(13)14/h6-8H,1-5H3,(H,13,14). The third kappa shape index (κ3) is 3.01. The maximum absolute atomic E-state index is 11.7. The maximum atomic E-state index is 11.7. The lowest BCUT2D eigenvalue weighted by Gasteiger charge is -2.26. The molecule has 82 valence electrons. The summed E-state index contributed by atoms with van der Waals surface area (Å²) < 4.78 is 0. The predicted octanol–water partition coefficient (Wildman–Crippen LogP) is 1.21. The van der Waals surface area contributed by atoms with E-state index in [1.54, 1.807) is 25.8 Å². The van der Waals surface area contributed by atoms with Gasteiger partial charge in [0.05, 0.1) is 5.92 Å². The molecule has 14 heavy (non-hydrogen) atoms. The summed E-state index contributed by atoms with van der Waals surface area (Å²) in [5, 5.41) is 8.75. The van der Waals surface area contributed by atoms with E-state index in [1.165, 1.54) is 0 Å². The van der Waals surface area contributed by atoms with E-state index in [4.69, 9.17) is 5.11 Å². The van der Waals surface area contributed by atoms with E-state index >= 15 is 0 Å². The van der Waals surface area contributed by atoms with E-state index in [2.05, 4.69) is 0 Å². The molecule has 0 aliphatic heterocycles. The fourth-order valence-electron chi connectivity index (χ4n) is 1.00. The van der Waals surface area contributed by atoms with Crippen molar-refractivity contribution >= 4 is 11.9 Å². The van der Waals surface area contributed by atoms with Crippen LogP contribution in [0.15, 0.2) is 0 Å². The summed E-state index contributed by atoms with van der Waals surface area (Å²) >= 11 is 0. The van der Waals surface area contributed by atoms with Crippen LogP contribution >= 0.6 is 0 Å². The van der Waals surface area contributed by atoms with Crippen molar-refractivity contribution in [1.29, 1.82) is 0 Å². The van der Waals surface area contributed by atoms with Crippen LogP contribution in [0.4, 0.5) is 0 Å². The summed E-state index contributed by atoms with van der Waals surface area (Å²) in [6, 6.07) is 0.103. The molecular formula is C10H19NO3. The highest BCUT2D eigenvalue weighted by atomic mass is 16.4. The van der Waals surface area contributed by atoms with Gasteiger partial charge in [-0.1, -0.05) is 13.8 Å². The first-order chi connectivity index (χ1) is 6.29. The van der Waals surface area contributed by atoms with Gasteiger partial charge in [0.25, 0.3) is 0 Å². The molecule has 1 N–H and O–H groups in total. The third-order valence-corrected chi connectivity index (χ3v) is 2.65. The fourth-order valence-corrected chi connectivity index (χ4v) is 1.00. The van der Waals surface area contributed by atoms with Crippen LogP contribution in [0, 0.1) is 11.8 Å². The van der Waals surface area contributed by atoms with Crippen LogP contribution in [-0.4, -0.2) is 35.0 Å². The first-order valence-electron chi connectivity index (χ1n) is 4.78. The van der Waals surface area contributed by atoms with Crippen molar-refractivity contribution in [3.8, 4) is 0 Å². The fraction of sp³-hybridized carbons (Fsp3) is 0.800. The van der Waals surface area contributed by atoms with Gasteiger partial charge in [0.1, 0.15) is 0 Å². The summed E-state index contributed by atoms with van der Waals surface area (Å²) in [5.74, 6) is -2.15. The van der Waals surface area contributed by atoms with E-state index in [9.17, 15) is 9.59 Å². The lowest BCUT2D eigenvalue weighted by molar-refractivity contribution is -0.149. The second kappa shape index (κ2) is 4.98. The third-order valence-electron chi connectivity index (χ3n) is 2.65. The lowest BCUT2D eigenvalue weighted by Crippen LogP contribution is -2.40. The van der Waals surface area contributed by atoms with Crippen molar-refractivity contribution in [1.82, 2.24) is 4.90 Å². The molecule has 0 aromatic rings. The van der Waals surface area contributed by atoms with Crippen LogP contribution in [0.25, 0.3) is 0 Å². The van der Waals surface area contributed by atoms with Crippen LogP contribution in [-0.2, 0) is 9.59 Å². The van der Waals surface area contributed by atoms with Crippen molar-refractivity contribution in [3.05, 3.63) is 0 Å². The highest BCUT2D eigenvalue weighted by Gasteiger charge is 2.28. The zero-order valence-electron chi connectivity index (χ0n) is 9.44. The Balaban J connectivity index is 4.46. The molecule has 4 heteroatoms. The summed E-state index contributed by atoms with van der Waals surface area (Å²) in [5.41, 5.74) is 0. The number of amides is 1. The Morgan fingerprint density at radius 2 is 1.50 bits per heavy atom. The number of nitrogens with zero attached hydrogens (tertiary/aromatic N) is 1. The second-order valence-electron chi connectivity index (χ2n) is 3.96. The monoisotopic (exact) mass is 201 g/mol. The van der Waals surface area contributed by atoms with Gasteiger partial charge in [0.15, 0.2) is 0 Å². The van der Waals surface area contributed by atoms with Crippen molar-refractivity contribution in [2.75, 3.05) is 7.05 Å². The molecule has 1 amide bonds. The van der Waals surface area contributed by atoms with Crippen molar-refractivity contribution in [2.24, 2.45) is 11.8 Å². The highest BCUT2D eigenvalue weighted by Crippen LogP contribution is 2.14. The quantitative estimate of drug-likeness (QED) is 0.743. The van der Waals surface area contributed by atoms with Gasteiger partial charge in [-0.05, 0) is 13.8 Å². The molecular weight excluding hydrogens is 182 g/mol. The Morgan fingerprint density at radius 1 is 1.07 bits per heavy atom. The Labute approximate surface area is 84.9 Å². The summed E-state index contributed by atoms with van der Waals surface area (Å²) in [6.07, 6.45) is 0. The molecule has 0 rings (SSSR count). The Kier molecular flexibility index (Phi) is 4.60. The predicted molar refractivity (Wildman–Crippen MR) is 53.9 cm³/mol. The first kappa shape index (κ1) is 12.9. The summed E-state index contributed by atoms with van der Waals surface area (Å²) in [7, 11) is 1.69. The molecule has 0 aromatic heterocycles. The number of carboxylic acids is 1. The minimum atomic E-state index is -0.928. The van der Waals surface area contributed by atoms with Gasteiger partial charge in [-0.2, -0.15) is 0 Å². The van der Waals surface area contributed by atoms with Crippen LogP contribution in [0.1, 0.15) is 27.7 Å². The average Bonchev–Trinajstić information content (AvgIpc) is 2.12. The van der Waals surface area contributed by atoms with Crippen molar-refractivity contribution < 1.29 is 14.7 Å². The first-order valence-corrected chi connectivity index (χ1v) is 4.78. The van der Waals surface area contributed by atoms with Crippen LogP contribution in [0.5, 0.6) is 0 Å². The molecule has 2 unspecified atom stereocenters. The molecule has 0 saturated carbocycles. The van der Waals surface area contributed by atoms with Crippen LogP contribution < -0.4 is 0 Å². The number of carbonyl (C=O) groups excluding carboxylic acids is 1. The van der Waals surface area contributed by atoms with Gasteiger partial charge in [0, 0.05) is 19.0 Å². The molecule has 4 nitrogen and oxygen atoms in total. The zero-order chi connectivity index (χ0) is 11.5. The van der Waals surface area contributed by atoms with E-state index in [0.29, 0.717) is 0 Å². The van der Waals surface area contributed by atoms with Gasteiger partial charge >= 0.3 is 5.97 Å². The second-order valence-corrected chi connectivity index (χ2v) is 3.96. The highest BCUT2D eigenvalue weighted by molar-refractivity contribution is 5.84.